The van der Waals surface area contributed by atoms with Crippen LogP contribution in [0.5, 0.6) is 5.75 Å². The summed E-state index contributed by atoms with van der Waals surface area (Å²) in [5, 5.41) is 7.35. The van der Waals surface area contributed by atoms with Crippen LogP contribution in [0.25, 0.3) is 0 Å². The van der Waals surface area contributed by atoms with Crippen molar-refractivity contribution in [3.63, 3.8) is 0 Å². The SMILES string of the molecule is CN=C(NCCOc1ccccc1)N1CCN(Cc2ccon2)CC1. The molecule has 0 radical (unpaired) electrons. The zero-order valence-corrected chi connectivity index (χ0v) is 14.6. The predicted octanol–water partition coefficient (Wildman–Crippen LogP) is 1.45. The Morgan fingerprint density at radius 2 is 2.00 bits per heavy atom. The Labute approximate surface area is 148 Å². The number of piperazine rings is 1. The molecule has 7 nitrogen and oxygen atoms in total. The highest BCUT2D eigenvalue weighted by Gasteiger charge is 2.20. The van der Waals surface area contributed by atoms with E-state index < -0.39 is 0 Å². The van der Waals surface area contributed by atoms with E-state index >= 15 is 0 Å². The number of nitrogens with zero attached hydrogens (tertiary/aromatic N) is 4. The number of hydrogen-bond acceptors (Lipinski definition) is 5. The molecule has 1 fully saturated rings. The molecule has 3 rings (SSSR count). The molecule has 0 aliphatic carbocycles. The van der Waals surface area contributed by atoms with Crippen molar-refractivity contribution >= 4 is 5.96 Å². The van der Waals surface area contributed by atoms with Gasteiger partial charge in [0.1, 0.15) is 18.6 Å². The van der Waals surface area contributed by atoms with Crippen LogP contribution < -0.4 is 10.1 Å². The first kappa shape index (κ1) is 17.3. The molecule has 25 heavy (non-hydrogen) atoms. The Balaban J connectivity index is 1.37. The fraction of sp³-hybridized carbons (Fsp3) is 0.444. The van der Waals surface area contributed by atoms with Crippen LogP contribution in [0.3, 0.4) is 0 Å². The summed E-state index contributed by atoms with van der Waals surface area (Å²) in [6, 6.07) is 11.8. The normalized spacial score (nSPS) is 16.0. The van der Waals surface area contributed by atoms with Crippen molar-refractivity contribution in [1.29, 1.82) is 0 Å². The van der Waals surface area contributed by atoms with Crippen molar-refractivity contribution < 1.29 is 9.26 Å². The molecule has 1 aliphatic heterocycles. The lowest BCUT2D eigenvalue weighted by Gasteiger charge is -2.36. The molecule has 0 amide bonds. The smallest absolute Gasteiger partial charge is 0.193 e. The van der Waals surface area contributed by atoms with Gasteiger partial charge < -0.3 is 19.5 Å². The number of benzene rings is 1. The summed E-state index contributed by atoms with van der Waals surface area (Å²) in [6.45, 7) is 6.01. The molecule has 0 bridgehead atoms. The number of aliphatic imine (C=N–C) groups is 1. The topological polar surface area (TPSA) is 66.1 Å². The number of guanidine groups is 1. The fourth-order valence-corrected chi connectivity index (χ4v) is 2.85. The maximum atomic E-state index is 5.70. The number of ether oxygens (including phenoxy) is 1. The fourth-order valence-electron chi connectivity index (χ4n) is 2.85. The predicted molar refractivity (Wildman–Crippen MR) is 96.7 cm³/mol. The van der Waals surface area contributed by atoms with Crippen LogP contribution in [0.1, 0.15) is 5.69 Å². The highest BCUT2D eigenvalue weighted by Crippen LogP contribution is 2.08. The maximum absolute atomic E-state index is 5.70. The zero-order chi connectivity index (χ0) is 17.3. The van der Waals surface area contributed by atoms with Gasteiger partial charge in [-0.1, -0.05) is 23.4 Å². The molecule has 1 aromatic carbocycles. The Kier molecular flexibility index (Phi) is 6.28. The molecule has 134 valence electrons. The molecule has 7 heteroatoms. The summed E-state index contributed by atoms with van der Waals surface area (Å²) in [4.78, 5) is 9.04. The van der Waals surface area contributed by atoms with Crippen LogP contribution in [0.15, 0.2) is 52.2 Å². The lowest BCUT2D eigenvalue weighted by atomic mass is 10.3. The Morgan fingerprint density at radius 3 is 2.68 bits per heavy atom. The van der Waals surface area contributed by atoms with Gasteiger partial charge in [0.2, 0.25) is 0 Å². The van der Waals surface area contributed by atoms with Crippen LogP contribution in [0, 0.1) is 0 Å². The third kappa shape index (κ3) is 5.22. The highest BCUT2D eigenvalue weighted by atomic mass is 16.5. The van der Waals surface area contributed by atoms with E-state index in [4.69, 9.17) is 9.26 Å². The lowest BCUT2D eigenvalue weighted by molar-refractivity contribution is 0.168. The molecule has 1 saturated heterocycles. The number of rotatable bonds is 6. The van der Waals surface area contributed by atoms with Crippen molar-refractivity contribution in [3.8, 4) is 5.75 Å². The van der Waals surface area contributed by atoms with Gasteiger partial charge in [0, 0.05) is 45.8 Å². The number of aromatic nitrogens is 1. The van der Waals surface area contributed by atoms with Gasteiger partial charge in [0.05, 0.1) is 12.2 Å². The molecule has 0 saturated carbocycles. The van der Waals surface area contributed by atoms with Crippen LogP contribution in [0.4, 0.5) is 0 Å². The minimum Gasteiger partial charge on any atom is -0.492 e. The molecule has 2 aromatic rings. The molecule has 2 heterocycles. The first-order valence-corrected chi connectivity index (χ1v) is 8.60. The zero-order valence-electron chi connectivity index (χ0n) is 14.6. The van der Waals surface area contributed by atoms with E-state index in [2.05, 4.69) is 25.3 Å². The van der Waals surface area contributed by atoms with E-state index in [1.54, 1.807) is 6.26 Å². The highest BCUT2D eigenvalue weighted by molar-refractivity contribution is 5.80. The molecule has 0 spiro atoms. The van der Waals surface area contributed by atoms with E-state index in [0.29, 0.717) is 6.61 Å². The van der Waals surface area contributed by atoms with E-state index in [1.807, 2.05) is 43.4 Å². The minimum atomic E-state index is 0.606. The van der Waals surface area contributed by atoms with Crippen molar-refractivity contribution in [2.75, 3.05) is 46.4 Å². The van der Waals surface area contributed by atoms with E-state index in [0.717, 1.165) is 56.7 Å². The van der Waals surface area contributed by atoms with Gasteiger partial charge >= 0.3 is 0 Å². The van der Waals surface area contributed by atoms with E-state index in [1.165, 1.54) is 0 Å². The summed E-state index contributed by atoms with van der Waals surface area (Å²) >= 11 is 0. The van der Waals surface area contributed by atoms with Crippen LogP contribution in [0.2, 0.25) is 0 Å². The second-order valence-corrected chi connectivity index (χ2v) is 5.89. The van der Waals surface area contributed by atoms with Gasteiger partial charge in [-0.2, -0.15) is 0 Å². The first-order chi connectivity index (χ1) is 12.3. The molecule has 0 atom stereocenters. The van der Waals surface area contributed by atoms with Gasteiger partial charge in [-0.3, -0.25) is 9.89 Å². The monoisotopic (exact) mass is 343 g/mol. The average molecular weight is 343 g/mol. The summed E-state index contributed by atoms with van der Waals surface area (Å²) in [5.41, 5.74) is 0.981. The standard InChI is InChI=1S/C18H25N5O2/c1-19-18(20-8-14-24-17-5-3-2-4-6-17)23-11-9-22(10-12-23)15-16-7-13-25-21-16/h2-7,13H,8-12,14-15H2,1H3,(H,19,20). The number of hydrogen-bond donors (Lipinski definition) is 1. The second kappa shape index (κ2) is 9.08. The lowest BCUT2D eigenvalue weighted by Crippen LogP contribution is -2.52. The average Bonchev–Trinajstić information content (AvgIpc) is 3.17. The van der Waals surface area contributed by atoms with Gasteiger partial charge in [-0.05, 0) is 12.1 Å². The third-order valence-electron chi connectivity index (χ3n) is 4.16. The van der Waals surface area contributed by atoms with Gasteiger partial charge in [0.25, 0.3) is 0 Å². The summed E-state index contributed by atoms with van der Waals surface area (Å²) < 4.78 is 10.6. The molecule has 1 aliphatic rings. The molecule has 0 unspecified atom stereocenters. The van der Waals surface area contributed by atoms with Gasteiger partial charge in [0.15, 0.2) is 5.96 Å². The van der Waals surface area contributed by atoms with E-state index in [9.17, 15) is 0 Å². The minimum absolute atomic E-state index is 0.606. The summed E-state index contributed by atoms with van der Waals surface area (Å²) in [6.07, 6.45) is 1.62. The summed E-state index contributed by atoms with van der Waals surface area (Å²) in [7, 11) is 1.82. The second-order valence-electron chi connectivity index (χ2n) is 5.89. The molecular weight excluding hydrogens is 318 g/mol. The summed E-state index contributed by atoms with van der Waals surface area (Å²) in [5.74, 6) is 1.82. The largest absolute Gasteiger partial charge is 0.492 e. The van der Waals surface area contributed by atoms with Crippen LogP contribution in [-0.4, -0.2) is 67.3 Å². The van der Waals surface area contributed by atoms with Crippen molar-refractivity contribution in [2.45, 2.75) is 6.54 Å². The number of para-hydroxylation sites is 1. The first-order valence-electron chi connectivity index (χ1n) is 8.60. The van der Waals surface area contributed by atoms with Crippen LogP contribution in [-0.2, 0) is 6.54 Å². The van der Waals surface area contributed by atoms with Crippen LogP contribution >= 0.6 is 0 Å². The van der Waals surface area contributed by atoms with Crippen molar-refractivity contribution in [1.82, 2.24) is 20.3 Å². The Morgan fingerprint density at radius 1 is 1.20 bits per heavy atom. The maximum Gasteiger partial charge on any atom is 0.193 e. The van der Waals surface area contributed by atoms with Crippen molar-refractivity contribution in [2.24, 2.45) is 4.99 Å². The third-order valence-corrected chi connectivity index (χ3v) is 4.16. The number of nitrogens with one attached hydrogen (secondary N) is 1. The van der Waals surface area contributed by atoms with Gasteiger partial charge in [-0.25, -0.2) is 0 Å². The van der Waals surface area contributed by atoms with Crippen molar-refractivity contribution in [3.05, 3.63) is 48.4 Å². The van der Waals surface area contributed by atoms with E-state index in [-0.39, 0.29) is 0 Å². The quantitative estimate of drug-likeness (QED) is 0.486. The molecular formula is C18H25N5O2. The Bertz CT molecular complexity index is 637. The molecule has 1 aromatic heterocycles. The molecule has 1 N–H and O–H groups in total. The van der Waals surface area contributed by atoms with Gasteiger partial charge in [-0.15, -0.1) is 0 Å². The Hall–Kier alpha value is -2.54.